The van der Waals surface area contributed by atoms with Crippen molar-refractivity contribution in [1.29, 1.82) is 0 Å². The Morgan fingerprint density at radius 1 is 0.559 bits per heavy atom. The van der Waals surface area contributed by atoms with Gasteiger partial charge in [-0.2, -0.15) is 0 Å². The van der Waals surface area contributed by atoms with Crippen LogP contribution < -0.4 is 10.6 Å². The van der Waals surface area contributed by atoms with Gasteiger partial charge in [0.25, 0.3) is 0 Å². The van der Waals surface area contributed by atoms with Gasteiger partial charge in [-0.25, -0.2) is 0 Å². The molecule has 0 radical (unpaired) electrons. The van der Waals surface area contributed by atoms with Gasteiger partial charge < -0.3 is 20.8 Å². The Labute approximate surface area is 209 Å². The van der Waals surface area contributed by atoms with Gasteiger partial charge in [0.1, 0.15) is 11.5 Å². The SMILES string of the molecule is Oc1ccc(Cl)cc1CN[C@H](c1ccccc1)[C@H](NCc1cc(Cl)ccc1O)c1ccccc1. The average molecular weight is 493 g/mol. The van der Waals surface area contributed by atoms with Crippen molar-refractivity contribution < 1.29 is 10.2 Å². The molecule has 4 nitrogen and oxygen atoms in total. The molecule has 0 aliphatic carbocycles. The molecule has 0 bridgehead atoms. The van der Waals surface area contributed by atoms with Crippen molar-refractivity contribution in [2.75, 3.05) is 0 Å². The lowest BCUT2D eigenvalue weighted by Crippen LogP contribution is -2.35. The van der Waals surface area contributed by atoms with E-state index in [1.807, 2.05) is 36.4 Å². The number of hydrogen-bond donors (Lipinski definition) is 4. The van der Waals surface area contributed by atoms with Crippen molar-refractivity contribution in [1.82, 2.24) is 10.6 Å². The lowest BCUT2D eigenvalue weighted by molar-refractivity contribution is 0.373. The lowest BCUT2D eigenvalue weighted by atomic mass is 9.92. The molecule has 2 atom stereocenters. The fourth-order valence-corrected chi connectivity index (χ4v) is 4.40. The van der Waals surface area contributed by atoms with Crippen LogP contribution in [0.3, 0.4) is 0 Å². The number of hydrogen-bond acceptors (Lipinski definition) is 4. The molecular weight excluding hydrogens is 467 g/mol. The molecule has 0 fully saturated rings. The Morgan fingerprint density at radius 3 is 1.32 bits per heavy atom. The summed E-state index contributed by atoms with van der Waals surface area (Å²) in [5.41, 5.74) is 3.60. The average Bonchev–Trinajstić information content (AvgIpc) is 2.86. The van der Waals surface area contributed by atoms with Crippen molar-refractivity contribution in [2.24, 2.45) is 0 Å². The molecule has 4 rings (SSSR count). The molecule has 0 heterocycles. The van der Waals surface area contributed by atoms with Crippen LogP contribution >= 0.6 is 23.2 Å². The van der Waals surface area contributed by atoms with Gasteiger partial charge in [-0.15, -0.1) is 0 Å². The van der Waals surface area contributed by atoms with Crippen molar-refractivity contribution in [3.8, 4) is 11.5 Å². The lowest BCUT2D eigenvalue weighted by Gasteiger charge is -2.30. The van der Waals surface area contributed by atoms with E-state index in [1.165, 1.54) is 0 Å². The Kier molecular flexibility index (Phi) is 8.09. The summed E-state index contributed by atoms with van der Waals surface area (Å²) in [6, 6.07) is 30.1. The van der Waals surface area contributed by atoms with Crippen LogP contribution in [-0.2, 0) is 13.1 Å². The second-order valence-electron chi connectivity index (χ2n) is 8.08. The fourth-order valence-electron chi connectivity index (χ4n) is 4.01. The molecule has 0 aliphatic rings. The molecule has 0 aliphatic heterocycles. The summed E-state index contributed by atoms with van der Waals surface area (Å²) in [4.78, 5) is 0. The third kappa shape index (κ3) is 6.10. The van der Waals surface area contributed by atoms with E-state index in [0.717, 1.165) is 11.1 Å². The van der Waals surface area contributed by atoms with E-state index in [4.69, 9.17) is 23.2 Å². The van der Waals surface area contributed by atoms with E-state index in [0.29, 0.717) is 34.3 Å². The minimum Gasteiger partial charge on any atom is -0.508 e. The highest BCUT2D eigenvalue weighted by Crippen LogP contribution is 2.32. The Morgan fingerprint density at radius 2 is 0.941 bits per heavy atom. The summed E-state index contributed by atoms with van der Waals surface area (Å²) < 4.78 is 0. The summed E-state index contributed by atoms with van der Waals surface area (Å²) >= 11 is 12.3. The minimum absolute atomic E-state index is 0.150. The molecule has 0 aromatic heterocycles. The van der Waals surface area contributed by atoms with Crippen LogP contribution in [-0.4, -0.2) is 10.2 Å². The predicted molar refractivity (Wildman–Crippen MR) is 138 cm³/mol. The predicted octanol–water partition coefficient (Wildman–Crippen LogP) is 6.77. The summed E-state index contributed by atoms with van der Waals surface area (Å²) in [6.45, 7) is 0.832. The largest absolute Gasteiger partial charge is 0.508 e. The molecular formula is C28H26Cl2N2O2. The number of phenols is 2. The van der Waals surface area contributed by atoms with E-state index in [1.54, 1.807) is 36.4 Å². The first kappa shape index (κ1) is 24.1. The second-order valence-corrected chi connectivity index (χ2v) is 8.96. The zero-order valence-electron chi connectivity index (χ0n) is 18.5. The van der Waals surface area contributed by atoms with Crippen molar-refractivity contribution in [2.45, 2.75) is 25.2 Å². The van der Waals surface area contributed by atoms with Crippen LogP contribution in [0.4, 0.5) is 0 Å². The normalized spacial score (nSPS) is 12.9. The highest BCUT2D eigenvalue weighted by atomic mass is 35.5. The zero-order chi connectivity index (χ0) is 23.9. The molecule has 4 aromatic rings. The molecule has 0 spiro atoms. The molecule has 174 valence electrons. The molecule has 34 heavy (non-hydrogen) atoms. The Bertz CT molecular complexity index is 1120. The monoisotopic (exact) mass is 492 g/mol. The summed E-state index contributed by atoms with van der Waals surface area (Å²) in [6.07, 6.45) is 0. The van der Waals surface area contributed by atoms with E-state index in [2.05, 4.69) is 34.9 Å². The van der Waals surface area contributed by atoms with Gasteiger partial charge in [-0.1, -0.05) is 83.9 Å². The van der Waals surface area contributed by atoms with Crippen LogP contribution in [0.5, 0.6) is 11.5 Å². The van der Waals surface area contributed by atoms with Crippen LogP contribution in [0.2, 0.25) is 10.0 Å². The highest BCUT2D eigenvalue weighted by molar-refractivity contribution is 6.31. The number of nitrogens with one attached hydrogen (secondary N) is 2. The Hall–Kier alpha value is -3.02. The molecule has 0 amide bonds. The van der Waals surface area contributed by atoms with Gasteiger partial charge in [-0.3, -0.25) is 0 Å². The van der Waals surface area contributed by atoms with E-state index >= 15 is 0 Å². The smallest absolute Gasteiger partial charge is 0.120 e. The topological polar surface area (TPSA) is 64.5 Å². The number of phenolic OH excluding ortho intramolecular Hbond substituents is 2. The molecule has 6 heteroatoms. The maximum absolute atomic E-state index is 10.3. The third-order valence-electron chi connectivity index (χ3n) is 5.76. The minimum atomic E-state index is -0.150. The summed E-state index contributed by atoms with van der Waals surface area (Å²) in [7, 11) is 0. The van der Waals surface area contributed by atoms with Crippen LogP contribution in [0.1, 0.15) is 34.3 Å². The zero-order valence-corrected chi connectivity index (χ0v) is 20.0. The first-order valence-electron chi connectivity index (χ1n) is 11.0. The van der Waals surface area contributed by atoms with Gasteiger partial charge in [-0.05, 0) is 47.5 Å². The maximum atomic E-state index is 10.3. The third-order valence-corrected chi connectivity index (χ3v) is 6.23. The molecule has 0 saturated heterocycles. The quantitative estimate of drug-likeness (QED) is 0.208. The molecule has 0 saturated carbocycles. The van der Waals surface area contributed by atoms with Gasteiger partial charge in [0.2, 0.25) is 0 Å². The molecule has 0 unspecified atom stereocenters. The fraction of sp³-hybridized carbons (Fsp3) is 0.143. The van der Waals surface area contributed by atoms with E-state index in [-0.39, 0.29) is 23.6 Å². The molecule has 4 aromatic carbocycles. The second kappa shape index (κ2) is 11.4. The van der Waals surface area contributed by atoms with E-state index < -0.39 is 0 Å². The molecule has 4 N–H and O–H groups in total. The number of halogens is 2. The van der Waals surface area contributed by atoms with Gasteiger partial charge in [0.15, 0.2) is 0 Å². The Balaban J connectivity index is 1.67. The van der Waals surface area contributed by atoms with Crippen molar-refractivity contribution >= 4 is 23.2 Å². The number of rotatable bonds is 9. The number of benzene rings is 4. The van der Waals surface area contributed by atoms with Crippen molar-refractivity contribution in [3.63, 3.8) is 0 Å². The van der Waals surface area contributed by atoms with Gasteiger partial charge in [0.05, 0.1) is 12.1 Å². The van der Waals surface area contributed by atoms with Crippen LogP contribution in [0.25, 0.3) is 0 Å². The van der Waals surface area contributed by atoms with Crippen LogP contribution in [0.15, 0.2) is 97.1 Å². The standard InChI is InChI=1S/C28H26Cl2N2O2/c29-23-11-13-25(33)21(15-23)17-31-27(19-7-3-1-4-8-19)28(20-9-5-2-6-10-20)32-18-22-16-24(30)12-14-26(22)34/h1-16,27-28,31-34H,17-18H2/t27-,28-/m1/s1. The summed E-state index contributed by atoms with van der Waals surface area (Å²) in [5.74, 6) is 0.383. The number of aromatic hydroxyl groups is 2. The van der Waals surface area contributed by atoms with E-state index in [9.17, 15) is 10.2 Å². The maximum Gasteiger partial charge on any atom is 0.120 e. The summed E-state index contributed by atoms with van der Waals surface area (Å²) in [5, 5.41) is 29.0. The van der Waals surface area contributed by atoms with Crippen molar-refractivity contribution in [3.05, 3.63) is 129 Å². The van der Waals surface area contributed by atoms with Crippen LogP contribution in [0, 0.1) is 0 Å². The first-order valence-corrected chi connectivity index (χ1v) is 11.8. The first-order chi connectivity index (χ1) is 16.5. The van der Waals surface area contributed by atoms with Gasteiger partial charge >= 0.3 is 0 Å². The van der Waals surface area contributed by atoms with Gasteiger partial charge in [0, 0.05) is 34.3 Å². The highest BCUT2D eigenvalue weighted by Gasteiger charge is 2.25.